The van der Waals surface area contributed by atoms with Crippen molar-refractivity contribution in [2.24, 2.45) is 0 Å². The third-order valence-electron chi connectivity index (χ3n) is 5.17. The monoisotopic (exact) mass is 443 g/mol. The summed E-state index contributed by atoms with van der Waals surface area (Å²) in [6, 6.07) is 2.25. The van der Waals surface area contributed by atoms with E-state index in [1.807, 2.05) is 6.07 Å². The molecule has 1 N–H and O–H groups in total. The molecule has 30 heavy (non-hydrogen) atoms. The Morgan fingerprint density at radius 3 is 2.77 bits per heavy atom. The molecule has 3 aromatic rings. The van der Waals surface area contributed by atoms with E-state index in [-0.39, 0.29) is 16.9 Å². The lowest BCUT2D eigenvalue weighted by Gasteiger charge is -2.32. The molecule has 158 valence electrons. The fourth-order valence-electron chi connectivity index (χ4n) is 3.51. The van der Waals surface area contributed by atoms with Crippen LogP contribution in [-0.2, 0) is 11.8 Å². The summed E-state index contributed by atoms with van der Waals surface area (Å²) in [4.78, 5) is 9.93. The fraction of sp³-hybridized carbons (Fsp3) is 0.400. The molecule has 8 nitrogen and oxygen atoms in total. The van der Waals surface area contributed by atoms with Gasteiger partial charge in [-0.2, -0.15) is 5.10 Å². The number of hydrogen-bond acceptors (Lipinski definition) is 6. The third kappa shape index (κ3) is 3.63. The van der Waals surface area contributed by atoms with Crippen molar-refractivity contribution in [1.29, 1.82) is 0 Å². The summed E-state index contributed by atoms with van der Waals surface area (Å²) in [7, 11) is 5.48. The van der Waals surface area contributed by atoms with Gasteiger partial charge in [-0.15, -0.1) is 23.6 Å². The molecule has 0 bridgehead atoms. The van der Waals surface area contributed by atoms with Gasteiger partial charge in [-0.3, -0.25) is 0 Å². The predicted molar refractivity (Wildman–Crippen MR) is 125 cm³/mol. The fourth-order valence-corrected chi connectivity index (χ4v) is 3.86. The minimum atomic E-state index is -0.256. The van der Waals surface area contributed by atoms with Gasteiger partial charge < -0.3 is 14.3 Å². The lowest BCUT2D eigenvalue weighted by atomic mass is 9.97. The molecule has 3 aromatic heterocycles. The number of imidazole rings is 1. The van der Waals surface area contributed by atoms with Crippen LogP contribution in [0.5, 0.6) is 0 Å². The van der Waals surface area contributed by atoms with E-state index in [0.29, 0.717) is 18.5 Å². The SMILES string of the molecule is C=Cn1nc([C@H]2c3nc[nH]c3CCN2c2nnc(C(C)(C)C)o2)cc1C(=C)C(P)P. The molecule has 0 saturated heterocycles. The second kappa shape index (κ2) is 7.75. The minimum absolute atomic E-state index is 0.127. The van der Waals surface area contributed by atoms with Crippen molar-refractivity contribution in [3.8, 4) is 0 Å². The van der Waals surface area contributed by atoms with Gasteiger partial charge >= 0.3 is 6.01 Å². The molecule has 1 aliphatic heterocycles. The molecule has 1 aliphatic rings. The smallest absolute Gasteiger partial charge is 0.319 e. The second-order valence-corrected chi connectivity index (χ2v) is 10.6. The number of nitrogens with one attached hydrogen (secondary N) is 1. The summed E-state index contributed by atoms with van der Waals surface area (Å²) in [6.45, 7) is 15.0. The number of H-pyrrole nitrogens is 1. The van der Waals surface area contributed by atoms with Gasteiger partial charge in [-0.05, 0) is 11.6 Å². The number of anilines is 1. The van der Waals surface area contributed by atoms with E-state index in [0.717, 1.165) is 34.8 Å². The normalized spacial score (nSPS) is 16.7. The van der Waals surface area contributed by atoms with Crippen LogP contribution in [0.3, 0.4) is 0 Å². The van der Waals surface area contributed by atoms with Crippen molar-refractivity contribution < 1.29 is 4.42 Å². The summed E-state index contributed by atoms with van der Waals surface area (Å²) in [5.74, 6) is 0.601. The Balaban J connectivity index is 1.81. The summed E-state index contributed by atoms with van der Waals surface area (Å²) < 4.78 is 7.82. The number of aromatic nitrogens is 6. The molecule has 2 unspecified atom stereocenters. The maximum Gasteiger partial charge on any atom is 0.319 e. The van der Waals surface area contributed by atoms with Crippen molar-refractivity contribution >= 4 is 36.3 Å². The van der Waals surface area contributed by atoms with Crippen LogP contribution in [-0.4, -0.2) is 41.9 Å². The van der Waals surface area contributed by atoms with Crippen LogP contribution >= 0.6 is 18.5 Å². The molecule has 4 heterocycles. The first-order valence-corrected chi connectivity index (χ1v) is 11.1. The van der Waals surface area contributed by atoms with Crippen LogP contribution < -0.4 is 4.90 Å². The van der Waals surface area contributed by atoms with Crippen LogP contribution in [0.4, 0.5) is 6.01 Å². The molecule has 0 aliphatic carbocycles. The van der Waals surface area contributed by atoms with E-state index in [2.05, 4.69) is 77.5 Å². The van der Waals surface area contributed by atoms with Gasteiger partial charge in [0.2, 0.25) is 5.89 Å². The molecule has 0 fully saturated rings. The van der Waals surface area contributed by atoms with E-state index in [1.54, 1.807) is 17.2 Å². The molecular weight excluding hydrogens is 416 g/mol. The van der Waals surface area contributed by atoms with Crippen molar-refractivity contribution in [3.63, 3.8) is 0 Å². The summed E-state index contributed by atoms with van der Waals surface area (Å²) >= 11 is 0. The van der Waals surface area contributed by atoms with E-state index in [1.165, 1.54) is 0 Å². The Kier molecular flexibility index (Phi) is 5.41. The molecule has 0 spiro atoms. The second-order valence-electron chi connectivity index (χ2n) is 8.38. The molecule has 3 atom stereocenters. The van der Waals surface area contributed by atoms with Gasteiger partial charge in [-0.1, -0.05) is 39.0 Å². The van der Waals surface area contributed by atoms with E-state index in [4.69, 9.17) is 9.52 Å². The van der Waals surface area contributed by atoms with Gasteiger partial charge in [0.05, 0.1) is 23.4 Å². The first kappa shape index (κ1) is 21.0. The lowest BCUT2D eigenvalue weighted by molar-refractivity contribution is 0.385. The number of nitrogens with zero attached hydrogens (tertiary/aromatic N) is 6. The molecule has 10 heteroatoms. The Bertz CT molecular complexity index is 1090. The van der Waals surface area contributed by atoms with Crippen LogP contribution in [0.2, 0.25) is 0 Å². The van der Waals surface area contributed by atoms with E-state index >= 15 is 0 Å². The molecule has 0 saturated carbocycles. The molecular formula is C20H27N7OP2. The Morgan fingerprint density at radius 1 is 1.37 bits per heavy atom. The van der Waals surface area contributed by atoms with Crippen molar-refractivity contribution in [2.45, 2.75) is 44.0 Å². The van der Waals surface area contributed by atoms with Gasteiger partial charge in [0.25, 0.3) is 0 Å². The van der Waals surface area contributed by atoms with Gasteiger partial charge in [0.15, 0.2) is 0 Å². The average Bonchev–Trinajstić information content (AvgIpc) is 3.44. The first-order chi connectivity index (χ1) is 14.2. The topological polar surface area (TPSA) is 88.7 Å². The zero-order valence-electron chi connectivity index (χ0n) is 17.5. The summed E-state index contributed by atoms with van der Waals surface area (Å²) in [6.07, 6.45) is 4.21. The minimum Gasteiger partial charge on any atom is -0.407 e. The Hall–Kier alpha value is -2.30. The van der Waals surface area contributed by atoms with Crippen molar-refractivity contribution in [3.05, 3.63) is 54.2 Å². The van der Waals surface area contributed by atoms with E-state index < -0.39 is 0 Å². The van der Waals surface area contributed by atoms with Crippen LogP contribution in [0, 0.1) is 0 Å². The number of fused-ring (bicyclic) bond motifs is 1. The highest BCUT2D eigenvalue weighted by molar-refractivity contribution is 7.39. The van der Waals surface area contributed by atoms with Crippen LogP contribution in [0.15, 0.2) is 30.0 Å². The highest BCUT2D eigenvalue weighted by atomic mass is 31.1. The molecule has 0 amide bonds. The zero-order chi connectivity index (χ0) is 21.6. The molecule has 4 rings (SSSR count). The van der Waals surface area contributed by atoms with E-state index in [9.17, 15) is 0 Å². The Morgan fingerprint density at radius 2 is 2.13 bits per heavy atom. The standard InChI is InChI=1S/C20H27N7OP2/c1-6-27-14(11(2)17(29)30)9-13(25-27)16-15-12(21-10-22-15)7-8-26(16)19-24-23-18(28-19)20(3,4)5/h6,9-10,16-17H,1-2,7-8,29-30H2,3-5H3,(H,21,22)/t16-/m0/s1. The number of aromatic amines is 1. The summed E-state index contributed by atoms with van der Waals surface area (Å²) in [5.41, 5.74) is 4.44. The maximum absolute atomic E-state index is 6.07. The quantitative estimate of drug-likeness (QED) is 0.606. The first-order valence-electron chi connectivity index (χ1n) is 9.75. The largest absolute Gasteiger partial charge is 0.407 e. The van der Waals surface area contributed by atoms with Gasteiger partial charge in [0.1, 0.15) is 6.04 Å². The maximum atomic E-state index is 6.07. The number of allylic oxidation sites excluding steroid dienone is 1. The molecule has 0 radical (unpaired) electrons. The van der Waals surface area contributed by atoms with Crippen molar-refractivity contribution in [2.75, 3.05) is 11.4 Å². The summed E-state index contributed by atoms with van der Waals surface area (Å²) in [5, 5.41) is 13.5. The third-order valence-corrected chi connectivity index (χ3v) is 5.97. The average molecular weight is 443 g/mol. The zero-order valence-corrected chi connectivity index (χ0v) is 19.8. The number of hydrogen-bond donors (Lipinski definition) is 1. The highest BCUT2D eigenvalue weighted by Crippen LogP contribution is 2.38. The van der Waals surface area contributed by atoms with Gasteiger partial charge in [0, 0.05) is 35.7 Å². The van der Waals surface area contributed by atoms with Crippen LogP contribution in [0.1, 0.15) is 55.5 Å². The highest BCUT2D eigenvalue weighted by Gasteiger charge is 2.37. The number of rotatable bonds is 5. The van der Waals surface area contributed by atoms with Gasteiger partial charge in [-0.25, -0.2) is 9.67 Å². The predicted octanol–water partition coefficient (Wildman–Crippen LogP) is 3.63. The lowest BCUT2D eigenvalue weighted by Crippen LogP contribution is -2.37. The van der Waals surface area contributed by atoms with Crippen molar-refractivity contribution in [1.82, 2.24) is 29.9 Å². The van der Waals surface area contributed by atoms with Crippen LogP contribution in [0.25, 0.3) is 11.8 Å². The molecule has 0 aromatic carbocycles. The Labute approximate surface area is 180 Å².